The molecule has 1 aliphatic rings. The van der Waals surface area contributed by atoms with Crippen LogP contribution in [0.2, 0.25) is 0 Å². The van der Waals surface area contributed by atoms with E-state index in [4.69, 9.17) is 10.1 Å². The molecule has 1 aromatic rings. The molecule has 0 amide bonds. The van der Waals surface area contributed by atoms with Gasteiger partial charge >= 0.3 is 0 Å². The molecule has 106 valence electrons. The highest BCUT2D eigenvalue weighted by atomic mass is 35.5. The summed E-state index contributed by atoms with van der Waals surface area (Å²) in [6.07, 6.45) is 5.64. The minimum Gasteiger partial charge on any atom is -0.484 e. The molecular formula is C16H24ClNO. The molecule has 0 spiro atoms. The lowest BCUT2D eigenvalue weighted by molar-refractivity contribution is 0.350. The Hall–Kier alpha value is -1.02. The molecule has 0 saturated heterocycles. The van der Waals surface area contributed by atoms with Crippen LogP contribution in [0, 0.1) is 19.3 Å². The second-order valence-corrected chi connectivity index (χ2v) is 5.67. The topological polar surface area (TPSA) is 33.1 Å². The molecule has 3 heteroatoms. The summed E-state index contributed by atoms with van der Waals surface area (Å²) < 4.78 is 5.10. The summed E-state index contributed by atoms with van der Waals surface area (Å²) >= 11 is 0. The monoisotopic (exact) mass is 281 g/mol. The molecule has 0 atom stereocenters. The van der Waals surface area contributed by atoms with Gasteiger partial charge in [0.1, 0.15) is 0 Å². The van der Waals surface area contributed by atoms with E-state index in [1.807, 2.05) is 0 Å². The van der Waals surface area contributed by atoms with Crippen LogP contribution in [0.4, 0.5) is 0 Å². The van der Waals surface area contributed by atoms with Crippen LogP contribution in [0.1, 0.15) is 48.8 Å². The van der Waals surface area contributed by atoms with Crippen molar-refractivity contribution in [1.29, 1.82) is 5.41 Å². The normalized spacial score (nSPS) is 16.8. The van der Waals surface area contributed by atoms with Crippen LogP contribution >= 0.6 is 12.4 Å². The number of aryl methyl sites for hydroxylation is 2. The lowest BCUT2D eigenvalue weighted by Crippen LogP contribution is -2.26. The van der Waals surface area contributed by atoms with Gasteiger partial charge in [-0.25, -0.2) is 0 Å². The predicted molar refractivity (Wildman–Crippen MR) is 82.7 cm³/mol. The van der Waals surface area contributed by atoms with Crippen molar-refractivity contribution in [3.63, 3.8) is 0 Å². The number of ether oxygens (including phenoxy) is 1. The lowest BCUT2D eigenvalue weighted by atomic mass is 9.75. The minimum absolute atomic E-state index is 0. The third-order valence-corrected chi connectivity index (χ3v) is 4.14. The van der Waals surface area contributed by atoms with Gasteiger partial charge in [-0.3, -0.25) is 5.41 Å². The van der Waals surface area contributed by atoms with Crippen LogP contribution in [0.15, 0.2) is 18.2 Å². The maximum Gasteiger partial charge on any atom is 0.180 e. The first kappa shape index (κ1) is 16.0. The fourth-order valence-corrected chi connectivity index (χ4v) is 3.28. The van der Waals surface area contributed by atoms with Crippen molar-refractivity contribution in [3.8, 4) is 0 Å². The number of rotatable bonds is 3. The Morgan fingerprint density at radius 3 is 2.16 bits per heavy atom. The highest BCUT2D eigenvalue weighted by Crippen LogP contribution is 2.44. The van der Waals surface area contributed by atoms with Crippen LogP contribution in [0.5, 0.6) is 0 Å². The number of methoxy groups -OCH3 is 1. The summed E-state index contributed by atoms with van der Waals surface area (Å²) in [6.45, 7) is 4.31. The Kier molecular flexibility index (Phi) is 5.42. The Balaban J connectivity index is 0.00000180. The molecule has 0 aromatic heterocycles. The van der Waals surface area contributed by atoms with Crippen molar-refractivity contribution >= 4 is 18.3 Å². The van der Waals surface area contributed by atoms with Gasteiger partial charge in [-0.1, -0.05) is 42.2 Å². The number of nitrogens with one attached hydrogen (secondary N) is 1. The fourth-order valence-electron chi connectivity index (χ4n) is 3.28. The Labute approximate surface area is 122 Å². The third-order valence-electron chi connectivity index (χ3n) is 4.14. The highest BCUT2D eigenvalue weighted by molar-refractivity contribution is 5.85. The number of hydrogen-bond donors (Lipinski definition) is 1. The van der Waals surface area contributed by atoms with Gasteiger partial charge in [-0.15, -0.1) is 12.4 Å². The first-order valence-corrected chi connectivity index (χ1v) is 6.76. The summed E-state index contributed by atoms with van der Waals surface area (Å²) in [6, 6.07) is 6.80. The number of hydrogen-bond acceptors (Lipinski definition) is 2. The van der Waals surface area contributed by atoms with E-state index in [1.54, 1.807) is 7.11 Å². The first-order valence-electron chi connectivity index (χ1n) is 6.76. The van der Waals surface area contributed by atoms with Crippen LogP contribution in [0.3, 0.4) is 0 Å². The van der Waals surface area contributed by atoms with Crippen molar-refractivity contribution in [1.82, 2.24) is 0 Å². The van der Waals surface area contributed by atoms with E-state index >= 15 is 0 Å². The third kappa shape index (κ3) is 3.50. The molecular weight excluding hydrogens is 258 g/mol. The van der Waals surface area contributed by atoms with Crippen molar-refractivity contribution in [2.45, 2.75) is 51.4 Å². The average molecular weight is 282 g/mol. The van der Waals surface area contributed by atoms with E-state index in [2.05, 4.69) is 32.0 Å². The summed E-state index contributed by atoms with van der Waals surface area (Å²) in [4.78, 5) is 0. The van der Waals surface area contributed by atoms with Crippen LogP contribution in [-0.4, -0.2) is 13.0 Å². The van der Waals surface area contributed by atoms with E-state index in [1.165, 1.54) is 42.4 Å². The van der Waals surface area contributed by atoms with E-state index in [0.717, 1.165) is 6.42 Å². The SMILES string of the molecule is COC(=N)CC1(c2cc(C)cc(C)c2)CCCC1.Cl. The van der Waals surface area contributed by atoms with E-state index in [0.29, 0.717) is 5.90 Å². The quantitative estimate of drug-likeness (QED) is 0.640. The van der Waals surface area contributed by atoms with Crippen LogP contribution < -0.4 is 0 Å². The van der Waals surface area contributed by atoms with Gasteiger partial charge in [0.05, 0.1) is 7.11 Å². The van der Waals surface area contributed by atoms with Gasteiger partial charge in [-0.2, -0.15) is 0 Å². The summed E-state index contributed by atoms with van der Waals surface area (Å²) in [7, 11) is 1.60. The zero-order chi connectivity index (χ0) is 13.2. The zero-order valence-electron chi connectivity index (χ0n) is 12.1. The smallest absolute Gasteiger partial charge is 0.180 e. The van der Waals surface area contributed by atoms with Gasteiger partial charge in [0.25, 0.3) is 0 Å². The molecule has 0 bridgehead atoms. The molecule has 1 aromatic carbocycles. The Bertz CT molecular complexity index is 430. The fraction of sp³-hybridized carbons (Fsp3) is 0.562. The molecule has 1 N–H and O–H groups in total. The molecule has 0 radical (unpaired) electrons. The largest absolute Gasteiger partial charge is 0.484 e. The van der Waals surface area contributed by atoms with Crippen molar-refractivity contribution < 1.29 is 4.74 Å². The maximum absolute atomic E-state index is 7.86. The Morgan fingerprint density at radius 1 is 1.16 bits per heavy atom. The van der Waals surface area contributed by atoms with E-state index < -0.39 is 0 Å². The number of benzene rings is 1. The molecule has 2 nitrogen and oxygen atoms in total. The average Bonchev–Trinajstić information content (AvgIpc) is 2.77. The van der Waals surface area contributed by atoms with Crippen LogP contribution in [0.25, 0.3) is 0 Å². The molecule has 1 saturated carbocycles. The van der Waals surface area contributed by atoms with Crippen LogP contribution in [-0.2, 0) is 10.2 Å². The van der Waals surface area contributed by atoms with Gasteiger partial charge < -0.3 is 4.74 Å². The van der Waals surface area contributed by atoms with Gasteiger partial charge in [-0.05, 0) is 32.3 Å². The molecule has 1 aliphatic carbocycles. The predicted octanol–water partition coefficient (Wildman–Crippen LogP) is 4.55. The molecule has 0 aliphatic heterocycles. The minimum atomic E-state index is 0. The van der Waals surface area contributed by atoms with Crippen molar-refractivity contribution in [2.24, 2.45) is 0 Å². The molecule has 1 fully saturated rings. The molecule has 2 rings (SSSR count). The summed E-state index contributed by atoms with van der Waals surface area (Å²) in [5.41, 5.74) is 4.18. The highest BCUT2D eigenvalue weighted by Gasteiger charge is 2.37. The summed E-state index contributed by atoms with van der Waals surface area (Å²) in [5, 5.41) is 7.86. The zero-order valence-corrected chi connectivity index (χ0v) is 12.9. The summed E-state index contributed by atoms with van der Waals surface area (Å²) in [5.74, 6) is 0.413. The van der Waals surface area contributed by atoms with Gasteiger partial charge in [0.15, 0.2) is 5.90 Å². The van der Waals surface area contributed by atoms with E-state index in [-0.39, 0.29) is 17.8 Å². The van der Waals surface area contributed by atoms with Gasteiger partial charge in [0.2, 0.25) is 0 Å². The molecule has 19 heavy (non-hydrogen) atoms. The second kappa shape index (κ2) is 6.42. The molecule has 0 unspecified atom stereocenters. The second-order valence-electron chi connectivity index (χ2n) is 5.67. The van der Waals surface area contributed by atoms with Crippen molar-refractivity contribution in [2.75, 3.05) is 7.11 Å². The number of halogens is 1. The first-order chi connectivity index (χ1) is 8.55. The van der Waals surface area contributed by atoms with Crippen molar-refractivity contribution in [3.05, 3.63) is 34.9 Å². The standard InChI is InChI=1S/C16H23NO.ClH/c1-12-8-13(2)10-14(9-12)16(6-4-5-7-16)11-15(17)18-3;/h8-10,17H,4-7,11H2,1-3H3;1H. The molecule has 0 heterocycles. The van der Waals surface area contributed by atoms with Gasteiger partial charge in [0, 0.05) is 11.8 Å². The lowest BCUT2D eigenvalue weighted by Gasteiger charge is -2.30. The maximum atomic E-state index is 7.86. The van der Waals surface area contributed by atoms with E-state index in [9.17, 15) is 0 Å². The Morgan fingerprint density at radius 2 is 1.68 bits per heavy atom.